The molecule has 0 radical (unpaired) electrons. The van der Waals surface area contributed by atoms with Crippen LogP contribution in [0.15, 0.2) is 64.8 Å². The summed E-state index contributed by atoms with van der Waals surface area (Å²) in [5.74, 6) is -0.0470. The lowest BCUT2D eigenvalue weighted by Crippen LogP contribution is -2.32. The number of carbonyl (C=O) groups is 1. The zero-order chi connectivity index (χ0) is 21.4. The van der Waals surface area contributed by atoms with E-state index in [-0.39, 0.29) is 28.8 Å². The summed E-state index contributed by atoms with van der Waals surface area (Å²) in [6, 6.07) is 16.7. The number of aromatic nitrogens is 1. The van der Waals surface area contributed by atoms with Gasteiger partial charge in [0, 0.05) is 28.9 Å². The number of hydrogen-bond acceptors (Lipinski definition) is 4. The summed E-state index contributed by atoms with van der Waals surface area (Å²) in [5, 5.41) is 13.3. The van der Waals surface area contributed by atoms with Crippen LogP contribution in [0.3, 0.4) is 0 Å². The molecule has 6 heteroatoms. The summed E-state index contributed by atoms with van der Waals surface area (Å²) >= 11 is 1.41. The van der Waals surface area contributed by atoms with Gasteiger partial charge in [-0.05, 0) is 60.7 Å². The number of nitrogens with one attached hydrogen (secondary N) is 1. The SMILES string of the molecule is CC(C)N(C)C(=O)c1ccc(-c2ccc3[nH]c(=O)c(-c4cccs4)c(O)c3c2)cc1. The Morgan fingerprint density at radius 3 is 2.40 bits per heavy atom. The standard InChI is InChI=1S/C24H22N2O3S/c1-14(2)26(3)24(29)16-8-6-15(7-9-16)17-10-11-19-18(13-17)22(27)21(23(28)25-19)20-5-4-12-30-20/h4-14H,1-3H3,(H2,25,27,28). The predicted octanol–water partition coefficient (Wildman–Crippen LogP) is 5.11. The third kappa shape index (κ3) is 3.50. The average molecular weight is 419 g/mol. The second-order valence-electron chi connectivity index (χ2n) is 7.50. The van der Waals surface area contributed by atoms with Crippen molar-refractivity contribution in [2.45, 2.75) is 19.9 Å². The Balaban J connectivity index is 1.75. The van der Waals surface area contributed by atoms with Gasteiger partial charge in [-0.1, -0.05) is 24.3 Å². The minimum Gasteiger partial charge on any atom is -0.506 e. The van der Waals surface area contributed by atoms with Gasteiger partial charge in [-0.15, -0.1) is 11.3 Å². The summed E-state index contributed by atoms with van der Waals surface area (Å²) in [5.41, 5.74) is 2.98. The first-order chi connectivity index (χ1) is 14.4. The van der Waals surface area contributed by atoms with Gasteiger partial charge in [0.05, 0.1) is 11.1 Å². The number of thiophene rings is 1. The minimum absolute atomic E-state index is 0.0223. The zero-order valence-corrected chi connectivity index (χ0v) is 17.8. The number of H-pyrrole nitrogens is 1. The Bertz CT molecular complexity index is 1270. The zero-order valence-electron chi connectivity index (χ0n) is 17.0. The highest BCUT2D eigenvalue weighted by Crippen LogP contribution is 2.36. The van der Waals surface area contributed by atoms with Crippen molar-refractivity contribution in [1.29, 1.82) is 0 Å². The van der Waals surface area contributed by atoms with E-state index in [0.717, 1.165) is 16.0 Å². The lowest BCUT2D eigenvalue weighted by molar-refractivity contribution is 0.0755. The van der Waals surface area contributed by atoms with Crippen LogP contribution in [-0.2, 0) is 0 Å². The number of amides is 1. The van der Waals surface area contributed by atoms with E-state index < -0.39 is 0 Å². The third-order valence-electron chi connectivity index (χ3n) is 5.31. The van der Waals surface area contributed by atoms with Gasteiger partial charge < -0.3 is 15.0 Å². The fourth-order valence-electron chi connectivity index (χ4n) is 3.35. The molecule has 0 aliphatic carbocycles. The molecule has 4 aromatic rings. The summed E-state index contributed by atoms with van der Waals surface area (Å²) in [4.78, 5) is 30.2. The Labute approximate surface area is 178 Å². The minimum atomic E-state index is -0.313. The smallest absolute Gasteiger partial charge is 0.260 e. The first kappa shape index (κ1) is 19.9. The predicted molar refractivity (Wildman–Crippen MR) is 122 cm³/mol. The molecule has 2 aromatic carbocycles. The van der Waals surface area contributed by atoms with Crippen LogP contribution in [0.4, 0.5) is 0 Å². The molecule has 0 aliphatic heterocycles. The fraction of sp³-hybridized carbons (Fsp3) is 0.167. The maximum Gasteiger partial charge on any atom is 0.260 e. The van der Waals surface area contributed by atoms with Crippen LogP contribution in [0, 0.1) is 0 Å². The average Bonchev–Trinajstić information content (AvgIpc) is 3.27. The van der Waals surface area contributed by atoms with Crippen LogP contribution in [-0.4, -0.2) is 34.0 Å². The largest absolute Gasteiger partial charge is 0.506 e. The van der Waals surface area contributed by atoms with Crippen molar-refractivity contribution >= 4 is 28.1 Å². The first-order valence-electron chi connectivity index (χ1n) is 9.67. The number of aromatic hydroxyl groups is 1. The van der Waals surface area contributed by atoms with E-state index in [9.17, 15) is 14.7 Å². The van der Waals surface area contributed by atoms with Gasteiger partial charge in [-0.25, -0.2) is 0 Å². The lowest BCUT2D eigenvalue weighted by atomic mass is 10.00. The molecule has 0 fully saturated rings. The van der Waals surface area contributed by atoms with Crippen molar-refractivity contribution < 1.29 is 9.90 Å². The lowest BCUT2D eigenvalue weighted by Gasteiger charge is -2.21. The molecule has 30 heavy (non-hydrogen) atoms. The Morgan fingerprint density at radius 1 is 1.07 bits per heavy atom. The van der Waals surface area contributed by atoms with Gasteiger partial charge in [0.15, 0.2) is 0 Å². The molecule has 0 aliphatic rings. The molecule has 2 aromatic heterocycles. The molecule has 1 amide bonds. The Morgan fingerprint density at radius 2 is 1.77 bits per heavy atom. The molecule has 4 rings (SSSR count). The van der Waals surface area contributed by atoms with E-state index in [1.54, 1.807) is 18.0 Å². The summed E-state index contributed by atoms with van der Waals surface area (Å²) in [7, 11) is 1.79. The number of aromatic amines is 1. The van der Waals surface area contributed by atoms with Crippen LogP contribution in [0.2, 0.25) is 0 Å². The van der Waals surface area contributed by atoms with Crippen molar-refractivity contribution in [3.05, 3.63) is 75.9 Å². The van der Waals surface area contributed by atoms with Crippen LogP contribution >= 0.6 is 11.3 Å². The quantitative estimate of drug-likeness (QED) is 0.484. The highest BCUT2D eigenvalue weighted by Gasteiger charge is 2.16. The molecular weight excluding hydrogens is 396 g/mol. The third-order valence-corrected chi connectivity index (χ3v) is 6.20. The molecule has 0 saturated carbocycles. The second-order valence-corrected chi connectivity index (χ2v) is 8.45. The summed E-state index contributed by atoms with van der Waals surface area (Å²) in [6.45, 7) is 3.95. The molecule has 0 saturated heterocycles. The van der Waals surface area contributed by atoms with Gasteiger partial charge in [0.25, 0.3) is 11.5 Å². The molecule has 152 valence electrons. The molecule has 5 nitrogen and oxygen atoms in total. The molecular formula is C24H22N2O3S. The number of fused-ring (bicyclic) bond motifs is 1. The van der Waals surface area contributed by atoms with Crippen molar-refractivity contribution in [2.24, 2.45) is 0 Å². The van der Waals surface area contributed by atoms with E-state index in [4.69, 9.17) is 0 Å². The van der Waals surface area contributed by atoms with E-state index in [0.29, 0.717) is 16.5 Å². The van der Waals surface area contributed by atoms with Crippen molar-refractivity contribution in [2.75, 3.05) is 7.05 Å². The van der Waals surface area contributed by atoms with Crippen molar-refractivity contribution in [3.63, 3.8) is 0 Å². The second kappa shape index (κ2) is 7.80. The van der Waals surface area contributed by atoms with Gasteiger partial charge in [0.1, 0.15) is 5.75 Å². The van der Waals surface area contributed by atoms with Gasteiger partial charge in [-0.2, -0.15) is 0 Å². The van der Waals surface area contributed by atoms with Gasteiger partial charge in [0.2, 0.25) is 0 Å². The monoisotopic (exact) mass is 418 g/mol. The molecule has 0 bridgehead atoms. The summed E-state index contributed by atoms with van der Waals surface area (Å²) in [6.07, 6.45) is 0. The van der Waals surface area contributed by atoms with E-state index in [1.165, 1.54) is 11.3 Å². The normalized spacial score (nSPS) is 11.2. The number of rotatable bonds is 4. The molecule has 0 unspecified atom stereocenters. The van der Waals surface area contributed by atoms with Crippen molar-refractivity contribution in [3.8, 4) is 27.3 Å². The molecule has 0 atom stereocenters. The van der Waals surface area contributed by atoms with Gasteiger partial charge >= 0.3 is 0 Å². The highest BCUT2D eigenvalue weighted by molar-refractivity contribution is 7.13. The summed E-state index contributed by atoms with van der Waals surface area (Å²) < 4.78 is 0. The molecule has 2 N–H and O–H groups in total. The molecule has 2 heterocycles. The molecule has 0 spiro atoms. The van der Waals surface area contributed by atoms with Crippen LogP contribution < -0.4 is 5.56 Å². The van der Waals surface area contributed by atoms with E-state index >= 15 is 0 Å². The fourth-order valence-corrected chi connectivity index (χ4v) is 4.12. The van der Waals surface area contributed by atoms with Gasteiger partial charge in [-0.3, -0.25) is 9.59 Å². The topological polar surface area (TPSA) is 73.4 Å². The number of pyridine rings is 1. The Kier molecular flexibility index (Phi) is 5.18. The van der Waals surface area contributed by atoms with Crippen LogP contribution in [0.25, 0.3) is 32.5 Å². The Hall–Kier alpha value is -3.38. The first-order valence-corrected chi connectivity index (χ1v) is 10.5. The van der Waals surface area contributed by atoms with Crippen molar-refractivity contribution in [1.82, 2.24) is 9.88 Å². The maximum atomic E-state index is 12.5. The van der Waals surface area contributed by atoms with Crippen LogP contribution in [0.1, 0.15) is 24.2 Å². The number of benzene rings is 2. The number of carbonyl (C=O) groups excluding carboxylic acids is 1. The maximum absolute atomic E-state index is 12.5. The van der Waals surface area contributed by atoms with E-state index in [2.05, 4.69) is 4.98 Å². The van der Waals surface area contributed by atoms with E-state index in [1.807, 2.05) is 67.8 Å². The highest BCUT2D eigenvalue weighted by atomic mass is 32.1. The number of hydrogen-bond donors (Lipinski definition) is 2. The number of nitrogens with zero attached hydrogens (tertiary/aromatic N) is 1. The van der Waals surface area contributed by atoms with Crippen LogP contribution in [0.5, 0.6) is 5.75 Å².